The molecule has 1 aliphatic rings. The molecule has 1 saturated heterocycles. The van der Waals surface area contributed by atoms with Crippen LogP contribution in [0.2, 0.25) is 0 Å². The fourth-order valence-corrected chi connectivity index (χ4v) is 1.43. The lowest BCUT2D eigenvalue weighted by Gasteiger charge is -2.35. The average Bonchev–Trinajstić information content (AvgIpc) is 2.10. The number of nitrogens with zero attached hydrogens (tertiary/aromatic N) is 2. The van der Waals surface area contributed by atoms with Crippen molar-refractivity contribution in [1.29, 1.82) is 0 Å². The highest BCUT2D eigenvalue weighted by molar-refractivity contribution is 4.68. The third-order valence-corrected chi connectivity index (χ3v) is 2.24. The van der Waals surface area contributed by atoms with Gasteiger partial charge in [-0.15, -0.1) is 0 Å². The van der Waals surface area contributed by atoms with Crippen LogP contribution in [0.4, 0.5) is 0 Å². The van der Waals surface area contributed by atoms with E-state index in [4.69, 9.17) is 9.47 Å². The molecule has 0 spiro atoms. The van der Waals surface area contributed by atoms with E-state index in [2.05, 4.69) is 16.8 Å². The molecule has 0 bridgehead atoms. The van der Waals surface area contributed by atoms with E-state index in [0.29, 0.717) is 0 Å². The first-order valence-electron chi connectivity index (χ1n) is 4.26. The van der Waals surface area contributed by atoms with E-state index in [1.165, 1.54) is 0 Å². The van der Waals surface area contributed by atoms with E-state index in [1.54, 1.807) is 14.2 Å². The molecule has 0 N–H and O–H groups in total. The minimum atomic E-state index is -0.168. The van der Waals surface area contributed by atoms with E-state index < -0.39 is 0 Å². The Labute approximate surface area is 74.0 Å². The Balaban J connectivity index is 2.32. The summed E-state index contributed by atoms with van der Waals surface area (Å²) in [6, 6.07) is 0. The zero-order chi connectivity index (χ0) is 8.97. The lowest BCUT2D eigenvalue weighted by molar-refractivity contribution is -0.202. The van der Waals surface area contributed by atoms with Gasteiger partial charge in [0.15, 0.2) is 0 Å². The lowest BCUT2D eigenvalue weighted by atomic mass is 10.3. The number of likely N-dealkylation sites (N-methyl/N-ethyl adjacent to an activating group) is 1. The maximum absolute atomic E-state index is 5.16. The number of piperazine rings is 1. The minimum absolute atomic E-state index is 0.168. The maximum Gasteiger partial charge on any atom is 0.218 e. The molecule has 0 amide bonds. The third kappa shape index (κ3) is 2.42. The Morgan fingerprint density at radius 3 is 1.92 bits per heavy atom. The van der Waals surface area contributed by atoms with Crippen LogP contribution >= 0.6 is 0 Å². The molecule has 1 rings (SSSR count). The van der Waals surface area contributed by atoms with Gasteiger partial charge in [-0.25, -0.2) is 0 Å². The highest BCUT2D eigenvalue weighted by Gasteiger charge is 2.21. The van der Waals surface area contributed by atoms with Gasteiger partial charge in [-0.05, 0) is 7.05 Å². The molecule has 4 heteroatoms. The van der Waals surface area contributed by atoms with Crippen LogP contribution in [0, 0.1) is 0 Å². The van der Waals surface area contributed by atoms with E-state index in [1.807, 2.05) is 0 Å². The summed E-state index contributed by atoms with van der Waals surface area (Å²) in [5.41, 5.74) is 0. The van der Waals surface area contributed by atoms with Crippen molar-refractivity contribution in [3.8, 4) is 0 Å². The van der Waals surface area contributed by atoms with Gasteiger partial charge in [0.2, 0.25) is 6.41 Å². The van der Waals surface area contributed by atoms with Crippen LogP contribution in [-0.2, 0) is 9.47 Å². The summed E-state index contributed by atoms with van der Waals surface area (Å²) in [5.74, 6) is 0. The van der Waals surface area contributed by atoms with Gasteiger partial charge < -0.3 is 14.4 Å². The van der Waals surface area contributed by atoms with E-state index >= 15 is 0 Å². The standard InChI is InChI=1S/C8H18N2O2/c1-9-4-6-10(7-5-9)8(11-2)12-3/h8H,4-7H2,1-3H3. The van der Waals surface area contributed by atoms with Crippen molar-refractivity contribution in [2.75, 3.05) is 47.4 Å². The van der Waals surface area contributed by atoms with Gasteiger partial charge in [-0.3, -0.25) is 4.90 Å². The number of ether oxygens (including phenoxy) is 2. The van der Waals surface area contributed by atoms with Crippen LogP contribution in [0.3, 0.4) is 0 Å². The predicted molar refractivity (Wildman–Crippen MR) is 46.9 cm³/mol. The Kier molecular flexibility index (Phi) is 3.94. The van der Waals surface area contributed by atoms with Gasteiger partial charge in [0.25, 0.3) is 0 Å². The van der Waals surface area contributed by atoms with Gasteiger partial charge in [-0.2, -0.15) is 0 Å². The summed E-state index contributed by atoms with van der Waals surface area (Å²) in [5, 5.41) is 0. The molecule has 1 fully saturated rings. The van der Waals surface area contributed by atoms with Crippen molar-refractivity contribution in [1.82, 2.24) is 9.80 Å². The highest BCUT2D eigenvalue weighted by Crippen LogP contribution is 2.05. The molecule has 0 aromatic heterocycles. The van der Waals surface area contributed by atoms with Crippen molar-refractivity contribution in [3.05, 3.63) is 0 Å². The van der Waals surface area contributed by atoms with E-state index in [-0.39, 0.29) is 6.41 Å². The quantitative estimate of drug-likeness (QED) is 0.554. The normalized spacial score (nSPS) is 22.0. The van der Waals surface area contributed by atoms with Gasteiger partial charge >= 0.3 is 0 Å². The molecule has 0 saturated carbocycles. The highest BCUT2D eigenvalue weighted by atomic mass is 16.7. The lowest BCUT2D eigenvalue weighted by Crippen LogP contribution is -2.50. The third-order valence-electron chi connectivity index (χ3n) is 2.24. The zero-order valence-electron chi connectivity index (χ0n) is 8.12. The monoisotopic (exact) mass is 174 g/mol. The van der Waals surface area contributed by atoms with Gasteiger partial charge in [-0.1, -0.05) is 0 Å². The Hall–Kier alpha value is -0.160. The molecule has 12 heavy (non-hydrogen) atoms. The minimum Gasteiger partial charge on any atom is -0.343 e. The molecular formula is C8H18N2O2. The van der Waals surface area contributed by atoms with Crippen LogP contribution in [0.15, 0.2) is 0 Å². The second-order valence-electron chi connectivity index (χ2n) is 3.12. The second-order valence-corrected chi connectivity index (χ2v) is 3.12. The van der Waals surface area contributed by atoms with Crippen molar-refractivity contribution in [3.63, 3.8) is 0 Å². The van der Waals surface area contributed by atoms with Crippen LogP contribution in [0.25, 0.3) is 0 Å². The van der Waals surface area contributed by atoms with Crippen molar-refractivity contribution in [2.24, 2.45) is 0 Å². The van der Waals surface area contributed by atoms with E-state index in [9.17, 15) is 0 Å². The Morgan fingerprint density at radius 1 is 1.00 bits per heavy atom. The molecular weight excluding hydrogens is 156 g/mol. The summed E-state index contributed by atoms with van der Waals surface area (Å²) in [7, 11) is 5.48. The predicted octanol–water partition coefficient (Wildman–Crippen LogP) is -0.190. The SMILES string of the molecule is COC(OC)N1CCN(C)CC1. The van der Waals surface area contributed by atoms with Gasteiger partial charge in [0.05, 0.1) is 0 Å². The van der Waals surface area contributed by atoms with Crippen molar-refractivity contribution >= 4 is 0 Å². The molecule has 0 atom stereocenters. The molecule has 0 radical (unpaired) electrons. The summed E-state index contributed by atoms with van der Waals surface area (Å²) in [6.45, 7) is 4.21. The average molecular weight is 174 g/mol. The first-order valence-corrected chi connectivity index (χ1v) is 4.26. The summed E-state index contributed by atoms with van der Waals surface area (Å²) < 4.78 is 10.3. The summed E-state index contributed by atoms with van der Waals surface area (Å²) in [4.78, 5) is 4.50. The zero-order valence-corrected chi connectivity index (χ0v) is 8.12. The summed E-state index contributed by atoms with van der Waals surface area (Å²) in [6.07, 6.45) is -0.168. The molecule has 72 valence electrons. The molecule has 0 aromatic rings. The number of methoxy groups -OCH3 is 2. The fraction of sp³-hybridized carbons (Fsp3) is 1.00. The fourth-order valence-electron chi connectivity index (χ4n) is 1.43. The second kappa shape index (κ2) is 4.77. The van der Waals surface area contributed by atoms with Crippen LogP contribution in [-0.4, -0.2) is 63.7 Å². The van der Waals surface area contributed by atoms with Gasteiger partial charge in [0.1, 0.15) is 0 Å². The Bertz CT molecular complexity index is 120. The summed E-state index contributed by atoms with van der Waals surface area (Å²) >= 11 is 0. The van der Waals surface area contributed by atoms with Crippen LogP contribution in [0.5, 0.6) is 0 Å². The number of hydrogen-bond donors (Lipinski definition) is 0. The number of hydrogen-bond acceptors (Lipinski definition) is 4. The molecule has 0 aromatic carbocycles. The van der Waals surface area contributed by atoms with Crippen molar-refractivity contribution < 1.29 is 9.47 Å². The van der Waals surface area contributed by atoms with Gasteiger partial charge in [0, 0.05) is 40.4 Å². The van der Waals surface area contributed by atoms with Crippen LogP contribution in [0.1, 0.15) is 0 Å². The van der Waals surface area contributed by atoms with Crippen LogP contribution < -0.4 is 0 Å². The first kappa shape index (κ1) is 9.92. The smallest absolute Gasteiger partial charge is 0.218 e. The first-order chi connectivity index (χ1) is 5.77. The molecule has 1 heterocycles. The molecule has 0 aliphatic carbocycles. The van der Waals surface area contributed by atoms with Crippen molar-refractivity contribution in [2.45, 2.75) is 6.41 Å². The molecule has 4 nitrogen and oxygen atoms in total. The maximum atomic E-state index is 5.16. The number of rotatable bonds is 3. The Morgan fingerprint density at radius 2 is 1.50 bits per heavy atom. The molecule has 0 unspecified atom stereocenters. The largest absolute Gasteiger partial charge is 0.343 e. The molecule has 1 aliphatic heterocycles. The topological polar surface area (TPSA) is 24.9 Å². The van der Waals surface area contributed by atoms with E-state index in [0.717, 1.165) is 26.2 Å².